The first-order valence-corrected chi connectivity index (χ1v) is 7.57. The van der Waals surface area contributed by atoms with Crippen molar-refractivity contribution in [3.05, 3.63) is 29.3 Å². The Morgan fingerprint density at radius 1 is 1.37 bits per heavy atom. The van der Waals surface area contributed by atoms with Gasteiger partial charge in [-0.05, 0) is 24.5 Å². The van der Waals surface area contributed by atoms with Crippen LogP contribution in [0.15, 0.2) is 12.1 Å². The summed E-state index contributed by atoms with van der Waals surface area (Å²) < 4.78 is 49.6. The molecular weight excluding hydrogens is 274 g/mol. The van der Waals surface area contributed by atoms with Gasteiger partial charge in [-0.3, -0.25) is 0 Å². The van der Waals surface area contributed by atoms with Gasteiger partial charge in [0.15, 0.2) is 21.5 Å². The summed E-state index contributed by atoms with van der Waals surface area (Å²) in [6.07, 6.45) is 0.495. The molecule has 7 heteroatoms. The third kappa shape index (κ3) is 3.20. The highest BCUT2D eigenvalue weighted by atomic mass is 32.2. The fourth-order valence-electron chi connectivity index (χ4n) is 2.09. The second-order valence-electron chi connectivity index (χ2n) is 4.58. The molecule has 4 nitrogen and oxygen atoms in total. The molecule has 1 saturated heterocycles. The van der Waals surface area contributed by atoms with E-state index in [1.54, 1.807) is 6.07 Å². The standard InChI is InChI=1S/C12H12F2N2O2S/c13-10-3-9(5-15)4-11(14)12(10)16-6-8-1-2-19(17,18)7-8/h3-4,8,16H,1-2,6-7H2. The molecule has 1 heterocycles. The smallest absolute Gasteiger partial charge is 0.150 e. The first kappa shape index (κ1) is 13.7. The summed E-state index contributed by atoms with van der Waals surface area (Å²) >= 11 is 0. The third-order valence-electron chi connectivity index (χ3n) is 3.07. The van der Waals surface area contributed by atoms with Gasteiger partial charge in [-0.2, -0.15) is 5.26 Å². The Hall–Kier alpha value is -1.68. The lowest BCUT2D eigenvalue weighted by molar-refractivity contribution is 0.575. The number of halogens is 2. The molecule has 0 spiro atoms. The van der Waals surface area contributed by atoms with E-state index in [9.17, 15) is 17.2 Å². The van der Waals surface area contributed by atoms with Gasteiger partial charge in [-0.15, -0.1) is 0 Å². The highest BCUT2D eigenvalue weighted by Gasteiger charge is 2.28. The van der Waals surface area contributed by atoms with Crippen molar-refractivity contribution in [1.82, 2.24) is 0 Å². The van der Waals surface area contributed by atoms with Crippen LogP contribution in [0.4, 0.5) is 14.5 Å². The number of nitrogens with one attached hydrogen (secondary N) is 1. The highest BCUT2D eigenvalue weighted by molar-refractivity contribution is 7.91. The fourth-order valence-corrected chi connectivity index (χ4v) is 3.95. The van der Waals surface area contributed by atoms with Gasteiger partial charge >= 0.3 is 0 Å². The topological polar surface area (TPSA) is 70.0 Å². The van der Waals surface area contributed by atoms with E-state index in [1.807, 2.05) is 0 Å². The van der Waals surface area contributed by atoms with Crippen LogP contribution in [0.5, 0.6) is 0 Å². The van der Waals surface area contributed by atoms with Gasteiger partial charge < -0.3 is 5.32 Å². The van der Waals surface area contributed by atoms with Crippen LogP contribution >= 0.6 is 0 Å². The summed E-state index contributed by atoms with van der Waals surface area (Å²) in [6.45, 7) is 0.193. The number of hydrogen-bond acceptors (Lipinski definition) is 4. The molecule has 1 N–H and O–H groups in total. The minimum Gasteiger partial charge on any atom is -0.380 e. The summed E-state index contributed by atoms with van der Waals surface area (Å²) in [5.41, 5.74) is -0.410. The molecule has 1 atom stereocenters. The Kier molecular flexibility index (Phi) is 3.71. The number of sulfone groups is 1. The molecule has 1 aromatic carbocycles. The first-order chi connectivity index (χ1) is 8.91. The quantitative estimate of drug-likeness (QED) is 0.918. The van der Waals surface area contributed by atoms with Crippen LogP contribution in [0.25, 0.3) is 0 Å². The summed E-state index contributed by atoms with van der Waals surface area (Å²) in [5, 5.41) is 11.2. The number of anilines is 1. The van der Waals surface area contributed by atoms with Crippen molar-refractivity contribution >= 4 is 15.5 Å². The lowest BCUT2D eigenvalue weighted by atomic mass is 10.1. The van der Waals surface area contributed by atoms with Gasteiger partial charge in [0.2, 0.25) is 0 Å². The molecule has 0 aliphatic carbocycles. The maximum absolute atomic E-state index is 13.6. The van der Waals surface area contributed by atoms with Crippen LogP contribution in [0.3, 0.4) is 0 Å². The van der Waals surface area contributed by atoms with E-state index in [2.05, 4.69) is 5.32 Å². The van der Waals surface area contributed by atoms with Crippen molar-refractivity contribution in [1.29, 1.82) is 5.26 Å². The van der Waals surface area contributed by atoms with Crippen LogP contribution in [-0.2, 0) is 9.84 Å². The minimum absolute atomic E-state index is 0.0412. The summed E-state index contributed by atoms with van der Waals surface area (Å²) in [5.74, 6) is -1.67. The average Bonchev–Trinajstić information content (AvgIpc) is 2.67. The second kappa shape index (κ2) is 5.13. The Balaban J connectivity index is 2.07. The Morgan fingerprint density at radius 3 is 2.47 bits per heavy atom. The molecule has 0 amide bonds. The van der Waals surface area contributed by atoms with Gasteiger partial charge in [-0.25, -0.2) is 17.2 Å². The zero-order chi connectivity index (χ0) is 14.0. The van der Waals surface area contributed by atoms with E-state index in [4.69, 9.17) is 5.26 Å². The molecule has 1 fully saturated rings. The fraction of sp³-hybridized carbons (Fsp3) is 0.417. The van der Waals surface area contributed by atoms with Crippen LogP contribution in [0.1, 0.15) is 12.0 Å². The van der Waals surface area contributed by atoms with E-state index in [1.165, 1.54) is 0 Å². The zero-order valence-corrected chi connectivity index (χ0v) is 10.8. The zero-order valence-electron chi connectivity index (χ0n) is 9.99. The van der Waals surface area contributed by atoms with Gasteiger partial charge in [-0.1, -0.05) is 0 Å². The lowest BCUT2D eigenvalue weighted by Gasteiger charge is -2.12. The van der Waals surface area contributed by atoms with E-state index < -0.39 is 21.5 Å². The van der Waals surface area contributed by atoms with Gasteiger partial charge in [0.1, 0.15) is 5.69 Å². The molecule has 2 rings (SSSR count). The molecule has 1 aliphatic heterocycles. The number of nitriles is 1. The Labute approximate surface area is 110 Å². The van der Waals surface area contributed by atoms with Crippen LogP contribution in [-0.4, -0.2) is 26.5 Å². The molecule has 1 unspecified atom stereocenters. The molecule has 0 bridgehead atoms. The molecule has 0 radical (unpaired) electrons. The summed E-state index contributed by atoms with van der Waals surface area (Å²) in [6, 6.07) is 3.54. The van der Waals surface area contributed by atoms with Crippen molar-refractivity contribution in [2.45, 2.75) is 6.42 Å². The predicted molar refractivity (Wildman–Crippen MR) is 66.3 cm³/mol. The van der Waals surface area contributed by atoms with Crippen molar-refractivity contribution in [3.63, 3.8) is 0 Å². The van der Waals surface area contributed by atoms with E-state index in [0.29, 0.717) is 6.42 Å². The van der Waals surface area contributed by atoms with Crippen molar-refractivity contribution in [3.8, 4) is 6.07 Å². The molecule has 1 aliphatic rings. The maximum atomic E-state index is 13.6. The monoisotopic (exact) mass is 286 g/mol. The number of hydrogen-bond donors (Lipinski definition) is 1. The maximum Gasteiger partial charge on any atom is 0.150 e. The average molecular weight is 286 g/mol. The first-order valence-electron chi connectivity index (χ1n) is 5.75. The molecule has 0 saturated carbocycles. The Bertz CT molecular complexity index is 615. The number of benzene rings is 1. The predicted octanol–water partition coefficient (Wildman–Crippen LogP) is 1.68. The highest BCUT2D eigenvalue weighted by Crippen LogP contribution is 2.23. The third-order valence-corrected chi connectivity index (χ3v) is 4.90. The number of nitrogens with zero attached hydrogens (tertiary/aromatic N) is 1. The summed E-state index contributed by atoms with van der Waals surface area (Å²) in [4.78, 5) is 0. The van der Waals surface area contributed by atoms with E-state index >= 15 is 0 Å². The van der Waals surface area contributed by atoms with Crippen molar-refractivity contribution in [2.24, 2.45) is 5.92 Å². The van der Waals surface area contributed by atoms with Crippen molar-refractivity contribution < 1.29 is 17.2 Å². The van der Waals surface area contributed by atoms with Gasteiger partial charge in [0.05, 0.1) is 23.1 Å². The van der Waals surface area contributed by atoms with E-state index in [-0.39, 0.29) is 35.2 Å². The molecule has 1 aromatic rings. The normalized spacial score (nSPS) is 21.0. The SMILES string of the molecule is N#Cc1cc(F)c(NCC2CCS(=O)(=O)C2)c(F)c1. The minimum atomic E-state index is -3.00. The van der Waals surface area contributed by atoms with Gasteiger partial charge in [0, 0.05) is 6.54 Å². The lowest BCUT2D eigenvalue weighted by Crippen LogP contribution is -2.17. The molecule has 102 valence electrons. The van der Waals surface area contributed by atoms with Crippen LogP contribution < -0.4 is 5.32 Å². The van der Waals surface area contributed by atoms with Crippen molar-refractivity contribution in [2.75, 3.05) is 23.4 Å². The second-order valence-corrected chi connectivity index (χ2v) is 6.81. The largest absolute Gasteiger partial charge is 0.380 e. The Morgan fingerprint density at radius 2 is 2.00 bits per heavy atom. The van der Waals surface area contributed by atoms with Crippen LogP contribution in [0, 0.1) is 28.9 Å². The molecule has 19 heavy (non-hydrogen) atoms. The van der Waals surface area contributed by atoms with E-state index in [0.717, 1.165) is 12.1 Å². The van der Waals surface area contributed by atoms with Crippen LogP contribution in [0.2, 0.25) is 0 Å². The number of rotatable bonds is 3. The summed E-state index contributed by atoms with van der Waals surface area (Å²) in [7, 11) is -3.00. The molecular formula is C12H12F2N2O2S. The van der Waals surface area contributed by atoms with Gasteiger partial charge in [0.25, 0.3) is 0 Å². The molecule has 0 aromatic heterocycles.